The summed E-state index contributed by atoms with van der Waals surface area (Å²) in [5.41, 5.74) is -0.375. The molecule has 6 rings (SSSR count). The van der Waals surface area contributed by atoms with Crippen molar-refractivity contribution in [3.05, 3.63) is 66.7 Å². The van der Waals surface area contributed by atoms with Gasteiger partial charge in [0.25, 0.3) is 0 Å². The van der Waals surface area contributed by atoms with Crippen molar-refractivity contribution in [1.82, 2.24) is 9.62 Å². The second kappa shape index (κ2) is 12.5. The van der Waals surface area contributed by atoms with Crippen molar-refractivity contribution in [2.75, 3.05) is 38.6 Å². The Morgan fingerprint density at radius 1 is 0.953 bits per heavy atom. The number of piperidine rings is 1. The van der Waals surface area contributed by atoms with Crippen molar-refractivity contribution in [3.8, 4) is 5.75 Å². The fourth-order valence-electron chi connectivity index (χ4n) is 6.31. The van der Waals surface area contributed by atoms with E-state index in [1.54, 1.807) is 34.6 Å². The number of nitrogens with one attached hydrogen (secondary N) is 1. The molecule has 11 heteroatoms. The predicted molar refractivity (Wildman–Crippen MR) is 164 cm³/mol. The zero-order valence-electron chi connectivity index (χ0n) is 24.2. The Hall–Kier alpha value is -2.54. The monoisotopic (exact) mass is 628 g/mol. The minimum Gasteiger partial charge on any atom is -0.491 e. The van der Waals surface area contributed by atoms with Crippen LogP contribution in [0.15, 0.2) is 76.5 Å². The van der Waals surface area contributed by atoms with E-state index in [1.807, 2.05) is 30.3 Å². The minimum absolute atomic E-state index is 0.0272. The Labute approximate surface area is 254 Å². The average molecular weight is 629 g/mol. The van der Waals surface area contributed by atoms with Crippen LogP contribution in [0.2, 0.25) is 0 Å². The van der Waals surface area contributed by atoms with Crippen molar-refractivity contribution >= 4 is 30.6 Å². The summed E-state index contributed by atoms with van der Waals surface area (Å²) in [6.45, 7) is 1.61. The normalized spacial score (nSPS) is 22.0. The highest BCUT2D eigenvalue weighted by molar-refractivity contribution is 7.91. The SMILES string of the molecule is O=S(=O)(CC1CCC1)c1cccc(OC[C@@H](O)CNC2COC3(CCN(S(=O)(=O)c4ccc5ccccc5c4)CC3)C2)c1. The maximum Gasteiger partial charge on any atom is 0.243 e. The third kappa shape index (κ3) is 6.92. The Morgan fingerprint density at radius 2 is 1.72 bits per heavy atom. The van der Waals surface area contributed by atoms with Crippen molar-refractivity contribution in [1.29, 1.82) is 0 Å². The van der Waals surface area contributed by atoms with Gasteiger partial charge in [-0.1, -0.05) is 42.8 Å². The maximum atomic E-state index is 13.4. The first-order chi connectivity index (χ1) is 20.6. The number of fused-ring (bicyclic) bond motifs is 1. The van der Waals surface area contributed by atoms with Gasteiger partial charge in [0, 0.05) is 25.7 Å². The molecule has 2 atom stereocenters. The van der Waals surface area contributed by atoms with Gasteiger partial charge in [-0.05, 0) is 79.1 Å². The van der Waals surface area contributed by atoms with Crippen molar-refractivity contribution < 1.29 is 31.4 Å². The van der Waals surface area contributed by atoms with E-state index in [1.165, 1.54) is 6.07 Å². The molecule has 9 nitrogen and oxygen atoms in total. The number of hydrogen-bond donors (Lipinski definition) is 2. The molecule has 43 heavy (non-hydrogen) atoms. The van der Waals surface area contributed by atoms with E-state index in [0.29, 0.717) is 49.7 Å². The van der Waals surface area contributed by atoms with Gasteiger partial charge in [0.05, 0.1) is 27.8 Å². The number of benzene rings is 3. The van der Waals surface area contributed by atoms with E-state index in [9.17, 15) is 21.9 Å². The van der Waals surface area contributed by atoms with Gasteiger partial charge in [0.15, 0.2) is 9.84 Å². The number of hydrogen-bond acceptors (Lipinski definition) is 8. The molecule has 3 fully saturated rings. The van der Waals surface area contributed by atoms with Crippen molar-refractivity contribution in [2.45, 2.75) is 66.1 Å². The van der Waals surface area contributed by atoms with Gasteiger partial charge < -0.3 is 19.9 Å². The Bertz CT molecular complexity index is 1650. The summed E-state index contributed by atoms with van der Waals surface area (Å²) in [6, 6.07) is 19.5. The molecule has 3 aromatic rings. The quantitative estimate of drug-likeness (QED) is 0.329. The molecule has 2 heterocycles. The van der Waals surface area contributed by atoms with Gasteiger partial charge in [0.2, 0.25) is 10.0 Å². The summed E-state index contributed by atoms with van der Waals surface area (Å²) >= 11 is 0. The zero-order chi connectivity index (χ0) is 30.1. The van der Waals surface area contributed by atoms with Crippen LogP contribution in [0.3, 0.4) is 0 Å². The summed E-state index contributed by atoms with van der Waals surface area (Å²) in [6.07, 6.45) is 4.21. The summed E-state index contributed by atoms with van der Waals surface area (Å²) in [7, 11) is -6.95. The summed E-state index contributed by atoms with van der Waals surface area (Å²) in [5.74, 6) is 0.839. The molecule has 0 amide bonds. The first-order valence-corrected chi connectivity index (χ1v) is 18.2. The Kier molecular flexibility index (Phi) is 8.83. The van der Waals surface area contributed by atoms with Gasteiger partial charge in [0.1, 0.15) is 18.5 Å². The fraction of sp³-hybridized carbons (Fsp3) is 0.500. The smallest absolute Gasteiger partial charge is 0.243 e. The molecule has 2 N–H and O–H groups in total. The molecule has 0 radical (unpaired) electrons. The molecular formula is C32H40N2O7S2. The third-order valence-electron chi connectivity index (χ3n) is 9.13. The minimum atomic E-state index is -3.60. The molecule has 1 aliphatic carbocycles. The summed E-state index contributed by atoms with van der Waals surface area (Å²) in [5, 5.41) is 15.8. The second-order valence-corrected chi connectivity index (χ2v) is 16.2. The van der Waals surface area contributed by atoms with Crippen LogP contribution in [-0.4, -0.2) is 82.6 Å². The van der Waals surface area contributed by atoms with Crippen LogP contribution < -0.4 is 10.1 Å². The third-order valence-corrected chi connectivity index (χ3v) is 12.9. The van der Waals surface area contributed by atoms with E-state index in [-0.39, 0.29) is 34.8 Å². The lowest BCUT2D eigenvalue weighted by Gasteiger charge is -2.38. The van der Waals surface area contributed by atoms with E-state index in [0.717, 1.165) is 36.5 Å². The second-order valence-electron chi connectivity index (χ2n) is 12.2. The molecule has 0 aromatic heterocycles. The van der Waals surface area contributed by atoms with Crippen molar-refractivity contribution in [3.63, 3.8) is 0 Å². The highest BCUT2D eigenvalue weighted by atomic mass is 32.2. The molecule has 2 aliphatic heterocycles. The van der Waals surface area contributed by atoms with E-state index in [2.05, 4.69) is 5.32 Å². The van der Waals surface area contributed by atoms with E-state index < -0.39 is 26.0 Å². The Morgan fingerprint density at radius 3 is 2.47 bits per heavy atom. The average Bonchev–Trinajstić information content (AvgIpc) is 3.39. The number of rotatable bonds is 11. The molecule has 1 saturated carbocycles. The lowest BCUT2D eigenvalue weighted by atomic mass is 9.87. The predicted octanol–water partition coefficient (Wildman–Crippen LogP) is 3.76. The first-order valence-electron chi connectivity index (χ1n) is 15.1. The number of sulfonamides is 1. The highest BCUT2D eigenvalue weighted by Gasteiger charge is 2.44. The molecule has 3 aromatic carbocycles. The largest absolute Gasteiger partial charge is 0.491 e. The molecule has 1 unspecified atom stereocenters. The van der Waals surface area contributed by atoms with Crippen LogP contribution in [0.25, 0.3) is 10.8 Å². The zero-order valence-corrected chi connectivity index (χ0v) is 25.9. The van der Waals surface area contributed by atoms with E-state index in [4.69, 9.17) is 9.47 Å². The lowest BCUT2D eigenvalue weighted by Crippen LogP contribution is -2.47. The molecule has 2 saturated heterocycles. The van der Waals surface area contributed by atoms with Crippen LogP contribution >= 0.6 is 0 Å². The van der Waals surface area contributed by atoms with Crippen LogP contribution in [0.1, 0.15) is 38.5 Å². The van der Waals surface area contributed by atoms with Gasteiger partial charge in [-0.2, -0.15) is 4.31 Å². The summed E-state index contributed by atoms with van der Waals surface area (Å²) < 4.78 is 65.7. The van der Waals surface area contributed by atoms with Gasteiger partial charge in [-0.15, -0.1) is 0 Å². The van der Waals surface area contributed by atoms with Gasteiger partial charge in [-0.25, -0.2) is 16.8 Å². The molecular weight excluding hydrogens is 588 g/mol. The maximum absolute atomic E-state index is 13.4. The van der Waals surface area contributed by atoms with Crippen LogP contribution in [-0.2, 0) is 24.6 Å². The van der Waals surface area contributed by atoms with E-state index >= 15 is 0 Å². The molecule has 232 valence electrons. The number of nitrogens with zero attached hydrogens (tertiary/aromatic N) is 1. The molecule has 0 bridgehead atoms. The summed E-state index contributed by atoms with van der Waals surface area (Å²) in [4.78, 5) is 0.571. The topological polar surface area (TPSA) is 122 Å². The first kappa shape index (κ1) is 30.5. The van der Waals surface area contributed by atoms with Crippen LogP contribution in [0, 0.1) is 5.92 Å². The number of ether oxygens (including phenoxy) is 2. The van der Waals surface area contributed by atoms with Gasteiger partial charge in [-0.3, -0.25) is 0 Å². The molecule has 1 spiro atoms. The number of sulfone groups is 1. The van der Waals surface area contributed by atoms with Crippen LogP contribution in [0.5, 0.6) is 5.75 Å². The standard InChI is InChI=1S/C32H40N2O7S2/c35-28(22-40-29-9-4-10-30(18-29)42(36,37)23-24-5-3-6-24)20-33-27-19-32(41-21-27)13-15-34(16-14-32)43(38,39)31-12-11-25-7-1-2-8-26(25)17-31/h1-2,4,7-12,17-18,24,27-28,33,35H,3,5-6,13-16,19-23H2/t27?,28-/m0/s1. The van der Waals surface area contributed by atoms with Gasteiger partial charge >= 0.3 is 0 Å². The highest BCUT2D eigenvalue weighted by Crippen LogP contribution is 2.37. The number of aliphatic hydroxyl groups is 1. The number of aliphatic hydroxyl groups excluding tert-OH is 1. The fourth-order valence-corrected chi connectivity index (χ4v) is 9.52. The van der Waals surface area contributed by atoms with Crippen LogP contribution in [0.4, 0.5) is 0 Å². The van der Waals surface area contributed by atoms with Crippen molar-refractivity contribution in [2.24, 2.45) is 5.92 Å². The lowest BCUT2D eigenvalue weighted by molar-refractivity contribution is -0.0312. The molecule has 3 aliphatic rings. The Balaban J connectivity index is 0.957.